The second kappa shape index (κ2) is 19.1. The van der Waals surface area contributed by atoms with E-state index in [1.807, 2.05) is 58.0 Å². The molecule has 4 amide bonds. The minimum atomic E-state index is -0.379. The SMILES string of the molecule is Cc1cc(-c2ccnc(Nc3ccc(CN4CCN(CC5CCN(c6cccc(N7CCC(=O)NC7=O)c6)CC5)CC4)cc3)n2)ccc1CNC(=O)/C(N)=C/N(N)C(C)(C)C. The van der Waals surface area contributed by atoms with Crippen LogP contribution in [0.5, 0.6) is 0 Å². The van der Waals surface area contributed by atoms with Crippen molar-refractivity contribution in [1.82, 2.24) is 35.4 Å². The number of nitrogens with zero attached hydrogens (tertiary/aromatic N) is 7. The van der Waals surface area contributed by atoms with Crippen LogP contribution in [0.25, 0.3) is 11.3 Å². The van der Waals surface area contributed by atoms with Crippen LogP contribution in [-0.4, -0.2) is 101 Å². The molecule has 0 spiro atoms. The van der Waals surface area contributed by atoms with Crippen molar-refractivity contribution in [3.8, 4) is 11.3 Å². The fourth-order valence-corrected chi connectivity index (χ4v) is 7.93. The number of rotatable bonds is 13. The van der Waals surface area contributed by atoms with E-state index in [0.717, 1.165) is 105 Å². The van der Waals surface area contributed by atoms with Gasteiger partial charge in [-0.1, -0.05) is 30.3 Å². The first kappa shape index (κ1) is 43.1. The van der Waals surface area contributed by atoms with Crippen LogP contribution >= 0.6 is 0 Å². The van der Waals surface area contributed by atoms with Crippen LogP contribution in [0.2, 0.25) is 0 Å². The predicted octanol–water partition coefficient (Wildman–Crippen LogP) is 5.07. The topological polar surface area (TPSA) is 181 Å². The van der Waals surface area contributed by atoms with Gasteiger partial charge in [0.1, 0.15) is 5.70 Å². The average molecular weight is 829 g/mol. The number of urea groups is 1. The molecule has 322 valence electrons. The Morgan fingerprint density at radius 2 is 1.64 bits per heavy atom. The average Bonchev–Trinajstić information content (AvgIpc) is 3.24. The van der Waals surface area contributed by atoms with Crippen molar-refractivity contribution >= 4 is 40.9 Å². The Labute approximate surface area is 359 Å². The summed E-state index contributed by atoms with van der Waals surface area (Å²) in [5.74, 6) is 6.61. The normalized spacial score (nSPS) is 17.3. The summed E-state index contributed by atoms with van der Waals surface area (Å²) >= 11 is 0. The number of imide groups is 1. The van der Waals surface area contributed by atoms with Crippen molar-refractivity contribution in [2.45, 2.75) is 65.6 Å². The Morgan fingerprint density at radius 1 is 0.918 bits per heavy atom. The number of carbonyl (C=O) groups is 3. The van der Waals surface area contributed by atoms with Crippen molar-refractivity contribution in [3.63, 3.8) is 0 Å². The highest BCUT2D eigenvalue weighted by atomic mass is 16.2. The van der Waals surface area contributed by atoms with Crippen LogP contribution < -0.4 is 37.3 Å². The molecule has 15 heteroatoms. The van der Waals surface area contributed by atoms with Gasteiger partial charge in [0.25, 0.3) is 5.91 Å². The Balaban J connectivity index is 0.832. The molecule has 3 aliphatic heterocycles. The molecule has 7 N–H and O–H groups in total. The third-order valence-corrected chi connectivity index (χ3v) is 11.8. The molecule has 0 saturated carbocycles. The highest BCUT2D eigenvalue weighted by Gasteiger charge is 2.27. The zero-order valence-electron chi connectivity index (χ0n) is 35.9. The molecule has 4 aromatic rings. The van der Waals surface area contributed by atoms with Gasteiger partial charge in [-0.05, 0) is 106 Å². The molecule has 0 unspecified atom stereocenters. The van der Waals surface area contributed by atoms with Gasteiger partial charge in [-0.3, -0.25) is 24.7 Å². The maximum Gasteiger partial charge on any atom is 0.328 e. The van der Waals surface area contributed by atoms with E-state index in [1.54, 1.807) is 11.1 Å². The fourth-order valence-electron chi connectivity index (χ4n) is 7.93. The molecular formula is C46H60N12O3. The summed E-state index contributed by atoms with van der Waals surface area (Å²) in [5, 5.41) is 10.1. The molecule has 7 rings (SSSR count). The molecular weight excluding hydrogens is 769 g/mol. The van der Waals surface area contributed by atoms with Gasteiger partial charge in [0.05, 0.1) is 5.69 Å². The first-order chi connectivity index (χ1) is 29.3. The third kappa shape index (κ3) is 11.4. The van der Waals surface area contributed by atoms with Crippen LogP contribution in [0.15, 0.2) is 90.9 Å². The van der Waals surface area contributed by atoms with E-state index in [9.17, 15) is 14.4 Å². The van der Waals surface area contributed by atoms with Gasteiger partial charge in [-0.25, -0.2) is 20.6 Å². The number of aryl methyl sites for hydroxylation is 1. The minimum Gasteiger partial charge on any atom is -0.393 e. The van der Waals surface area contributed by atoms with Crippen molar-refractivity contribution < 1.29 is 14.4 Å². The zero-order valence-corrected chi connectivity index (χ0v) is 35.9. The van der Waals surface area contributed by atoms with Crippen LogP contribution in [0, 0.1) is 12.8 Å². The van der Waals surface area contributed by atoms with Crippen LogP contribution in [0.1, 0.15) is 56.7 Å². The number of hydrogen-bond donors (Lipinski definition) is 5. The Bertz CT molecular complexity index is 2210. The molecule has 1 aromatic heterocycles. The highest BCUT2D eigenvalue weighted by molar-refractivity contribution is 6.05. The minimum absolute atomic E-state index is 0.0478. The quantitative estimate of drug-likeness (QED) is 0.0688. The van der Waals surface area contributed by atoms with Gasteiger partial charge in [-0.2, -0.15) is 0 Å². The molecule has 3 aliphatic rings. The number of anilines is 4. The second-order valence-corrected chi connectivity index (χ2v) is 17.4. The molecule has 0 atom stereocenters. The monoisotopic (exact) mass is 828 g/mol. The third-order valence-electron chi connectivity index (χ3n) is 11.8. The summed E-state index contributed by atoms with van der Waals surface area (Å²) in [5.41, 5.74) is 13.6. The predicted molar refractivity (Wildman–Crippen MR) is 240 cm³/mol. The molecule has 3 aromatic carbocycles. The summed E-state index contributed by atoms with van der Waals surface area (Å²) in [6, 6.07) is 24.2. The second-order valence-electron chi connectivity index (χ2n) is 17.4. The zero-order chi connectivity index (χ0) is 43.1. The summed E-state index contributed by atoms with van der Waals surface area (Å²) in [6.45, 7) is 16.9. The molecule has 0 aliphatic carbocycles. The number of hydrogen-bond acceptors (Lipinski definition) is 12. The molecule has 3 fully saturated rings. The smallest absolute Gasteiger partial charge is 0.328 e. The molecule has 0 bridgehead atoms. The Hall–Kier alpha value is -6.03. The molecule has 0 radical (unpaired) electrons. The summed E-state index contributed by atoms with van der Waals surface area (Å²) < 4.78 is 0. The number of nitrogens with two attached hydrogens (primary N) is 2. The Morgan fingerprint density at radius 3 is 2.34 bits per heavy atom. The summed E-state index contributed by atoms with van der Waals surface area (Å²) in [7, 11) is 0. The Kier molecular flexibility index (Phi) is 13.5. The van der Waals surface area contributed by atoms with E-state index >= 15 is 0 Å². The molecule has 61 heavy (non-hydrogen) atoms. The van der Waals surface area contributed by atoms with Crippen LogP contribution in [-0.2, 0) is 22.7 Å². The maximum atomic E-state index is 12.6. The van der Waals surface area contributed by atoms with Crippen LogP contribution in [0.3, 0.4) is 0 Å². The lowest BCUT2D eigenvalue weighted by Gasteiger charge is -2.39. The summed E-state index contributed by atoms with van der Waals surface area (Å²) in [6.07, 6.45) is 5.83. The highest BCUT2D eigenvalue weighted by Crippen LogP contribution is 2.29. The van der Waals surface area contributed by atoms with Crippen molar-refractivity contribution in [2.24, 2.45) is 17.5 Å². The number of aromatic nitrogens is 2. The van der Waals surface area contributed by atoms with Gasteiger partial charge in [0, 0.05) is 112 Å². The number of piperazine rings is 1. The van der Waals surface area contributed by atoms with E-state index in [0.29, 0.717) is 31.4 Å². The first-order valence-corrected chi connectivity index (χ1v) is 21.3. The summed E-state index contributed by atoms with van der Waals surface area (Å²) in [4.78, 5) is 55.1. The lowest BCUT2D eigenvalue weighted by Crippen LogP contribution is -2.49. The van der Waals surface area contributed by atoms with Gasteiger partial charge in [0.2, 0.25) is 11.9 Å². The molecule has 3 saturated heterocycles. The van der Waals surface area contributed by atoms with Crippen molar-refractivity contribution in [1.29, 1.82) is 0 Å². The fraction of sp³-hybridized carbons (Fsp3) is 0.413. The van der Waals surface area contributed by atoms with E-state index in [-0.39, 0.29) is 29.1 Å². The van der Waals surface area contributed by atoms with Gasteiger partial charge in [0.15, 0.2) is 0 Å². The number of nitrogens with one attached hydrogen (secondary N) is 3. The van der Waals surface area contributed by atoms with Gasteiger partial charge in [-0.15, -0.1) is 0 Å². The van der Waals surface area contributed by atoms with Gasteiger partial charge >= 0.3 is 6.03 Å². The van der Waals surface area contributed by atoms with E-state index in [1.165, 1.54) is 16.8 Å². The lowest BCUT2D eigenvalue weighted by atomic mass is 9.95. The number of piperidine rings is 1. The largest absolute Gasteiger partial charge is 0.393 e. The first-order valence-electron chi connectivity index (χ1n) is 21.3. The van der Waals surface area contributed by atoms with E-state index in [4.69, 9.17) is 16.6 Å². The number of hydrazine groups is 1. The number of benzene rings is 3. The lowest BCUT2D eigenvalue weighted by molar-refractivity contribution is -0.120. The number of amides is 4. The van der Waals surface area contributed by atoms with E-state index in [2.05, 4.69) is 78.1 Å². The maximum absolute atomic E-state index is 12.6. The van der Waals surface area contributed by atoms with Crippen LogP contribution in [0.4, 0.5) is 27.8 Å². The van der Waals surface area contributed by atoms with Crippen molar-refractivity contribution in [3.05, 3.63) is 108 Å². The van der Waals surface area contributed by atoms with Crippen molar-refractivity contribution in [2.75, 3.05) is 67.5 Å². The molecule has 4 heterocycles. The van der Waals surface area contributed by atoms with Gasteiger partial charge < -0.3 is 31.2 Å². The van der Waals surface area contributed by atoms with E-state index < -0.39 is 0 Å². The number of carbonyl (C=O) groups excluding carboxylic acids is 3. The standard InChI is InChI=1S/C46H60N12O3/c1-32-26-35(10-11-36(32)28-50-43(60)40(47)31-58(48)46(2,3)4)41-14-18-49-44(52-41)51-37-12-8-33(9-13-37)29-54-22-24-55(25-23-54)30-34-15-19-56(20-16-34)38-6-5-7-39(27-38)57-21-17-42(59)53-45(57)61/h5-14,18,26-27,31,34H,15-17,19-25,28-30,47-48H2,1-4H3,(H,50,60)(H,49,51,52)(H,53,59,61)/b40-31-. The molecule has 15 nitrogen and oxygen atoms in total.